The molecule has 1 aliphatic heterocycles. The molecular weight excluding hydrogens is 338 g/mol. The van der Waals surface area contributed by atoms with Gasteiger partial charge in [0.2, 0.25) is 0 Å². The van der Waals surface area contributed by atoms with Crippen molar-refractivity contribution in [2.24, 2.45) is 16.2 Å². The lowest BCUT2D eigenvalue weighted by atomic mass is 9.64. The van der Waals surface area contributed by atoms with Crippen LogP contribution >= 0.6 is 0 Å². The van der Waals surface area contributed by atoms with Crippen LogP contribution in [-0.2, 0) is 6.54 Å². The summed E-state index contributed by atoms with van der Waals surface area (Å²) in [5.41, 5.74) is 0.665. The Labute approximate surface area is 160 Å². The lowest BCUT2D eigenvalue weighted by Crippen LogP contribution is -2.52. The molecule has 0 spiro atoms. The summed E-state index contributed by atoms with van der Waals surface area (Å²) < 4.78 is 1.65. The topological polar surface area (TPSA) is 58.4 Å². The zero-order chi connectivity index (χ0) is 19.1. The molecule has 3 atom stereocenters. The Morgan fingerprint density at radius 2 is 1.96 bits per heavy atom. The molecule has 144 valence electrons. The fourth-order valence-electron chi connectivity index (χ4n) is 5.96. The summed E-state index contributed by atoms with van der Waals surface area (Å²) >= 11 is 0. The molecule has 3 unspecified atom stereocenters. The van der Waals surface area contributed by atoms with Crippen LogP contribution in [-0.4, -0.2) is 45.3 Å². The van der Waals surface area contributed by atoms with Gasteiger partial charge >= 0.3 is 0 Å². The lowest BCUT2D eigenvalue weighted by Gasteiger charge is -2.45. The standard InChI is InChI=1S/C22H29N3O2/c1-19(2)6-4-16-17(5-7-19)23-15-25(18(16)26)14-22(27)10-11-24(3)13-20-8-9-21(20,22)12-20/h4-7,15,27H,8-14H2,1-3H3. The van der Waals surface area contributed by atoms with Crippen molar-refractivity contribution in [2.45, 2.75) is 51.7 Å². The molecule has 0 amide bonds. The third kappa shape index (κ3) is 2.31. The fourth-order valence-corrected chi connectivity index (χ4v) is 5.96. The molecule has 3 aliphatic carbocycles. The van der Waals surface area contributed by atoms with E-state index in [9.17, 15) is 9.90 Å². The van der Waals surface area contributed by atoms with Gasteiger partial charge in [-0.3, -0.25) is 9.36 Å². The Balaban J connectivity index is 1.52. The molecule has 2 saturated carbocycles. The van der Waals surface area contributed by atoms with E-state index in [0.29, 0.717) is 17.8 Å². The summed E-state index contributed by atoms with van der Waals surface area (Å²) in [6.07, 6.45) is 13.7. The lowest BCUT2D eigenvalue weighted by molar-refractivity contribution is -0.0968. The Morgan fingerprint density at radius 1 is 1.19 bits per heavy atom. The van der Waals surface area contributed by atoms with Gasteiger partial charge in [-0.05, 0) is 44.2 Å². The monoisotopic (exact) mass is 367 g/mol. The highest BCUT2D eigenvalue weighted by atomic mass is 16.3. The maximum atomic E-state index is 13.2. The Morgan fingerprint density at radius 3 is 2.70 bits per heavy atom. The predicted octanol–water partition coefficient (Wildman–Crippen LogP) is 2.55. The number of allylic oxidation sites excluding steroid dienone is 2. The minimum atomic E-state index is -0.820. The third-order valence-corrected chi connectivity index (χ3v) is 7.82. The first-order valence-electron chi connectivity index (χ1n) is 10.1. The van der Waals surface area contributed by atoms with Crippen LogP contribution in [0.5, 0.6) is 0 Å². The number of fused-ring (bicyclic) bond motifs is 1. The molecule has 0 radical (unpaired) electrons. The van der Waals surface area contributed by atoms with Crippen molar-refractivity contribution in [2.75, 3.05) is 20.1 Å². The minimum Gasteiger partial charge on any atom is -0.387 e. The summed E-state index contributed by atoms with van der Waals surface area (Å²) in [6, 6.07) is 0. The molecule has 0 aromatic carbocycles. The molecule has 3 fully saturated rings. The number of likely N-dealkylation sites (tertiary alicyclic amines) is 1. The van der Waals surface area contributed by atoms with Crippen LogP contribution in [0, 0.1) is 16.2 Å². The molecule has 0 bridgehead atoms. The van der Waals surface area contributed by atoms with Crippen molar-refractivity contribution in [3.63, 3.8) is 0 Å². The van der Waals surface area contributed by atoms with E-state index < -0.39 is 5.60 Å². The number of hydrogen-bond donors (Lipinski definition) is 1. The second-order valence-electron chi connectivity index (χ2n) is 10.0. The maximum Gasteiger partial charge on any atom is 0.261 e. The van der Waals surface area contributed by atoms with Gasteiger partial charge in [-0.25, -0.2) is 4.98 Å². The smallest absolute Gasteiger partial charge is 0.261 e. The summed E-state index contributed by atoms with van der Waals surface area (Å²) in [5, 5.41) is 11.7. The molecule has 5 rings (SSSR count). The van der Waals surface area contributed by atoms with Gasteiger partial charge in [0.15, 0.2) is 0 Å². The summed E-state index contributed by atoms with van der Waals surface area (Å²) in [6.45, 7) is 6.52. The van der Waals surface area contributed by atoms with Gasteiger partial charge in [0, 0.05) is 23.9 Å². The van der Waals surface area contributed by atoms with E-state index in [1.54, 1.807) is 10.9 Å². The Kier molecular flexibility index (Phi) is 3.35. The fraction of sp³-hybridized carbons (Fsp3) is 0.636. The van der Waals surface area contributed by atoms with E-state index in [-0.39, 0.29) is 21.8 Å². The van der Waals surface area contributed by atoms with E-state index >= 15 is 0 Å². The SMILES string of the molecule is CN1CCC(O)(Cn2cnc3c(c2=O)C=CC(C)(C)C=C3)C23CCC2(C1)C3. The summed E-state index contributed by atoms with van der Waals surface area (Å²) in [5.74, 6) is 0. The van der Waals surface area contributed by atoms with Gasteiger partial charge < -0.3 is 10.0 Å². The van der Waals surface area contributed by atoms with Gasteiger partial charge in [-0.2, -0.15) is 0 Å². The molecule has 27 heavy (non-hydrogen) atoms. The first-order chi connectivity index (χ1) is 12.7. The van der Waals surface area contributed by atoms with E-state index in [1.807, 2.05) is 12.2 Å². The van der Waals surface area contributed by atoms with Gasteiger partial charge in [0.1, 0.15) is 0 Å². The number of aliphatic hydroxyl groups is 1. The summed E-state index contributed by atoms with van der Waals surface area (Å²) in [4.78, 5) is 20.1. The van der Waals surface area contributed by atoms with Crippen molar-refractivity contribution < 1.29 is 5.11 Å². The number of nitrogens with zero attached hydrogens (tertiary/aromatic N) is 3. The minimum absolute atomic E-state index is 0.00866. The second kappa shape index (κ2) is 5.21. The molecule has 2 heterocycles. The molecule has 1 aromatic rings. The quantitative estimate of drug-likeness (QED) is 0.873. The van der Waals surface area contributed by atoms with Crippen LogP contribution in [0.2, 0.25) is 0 Å². The zero-order valence-corrected chi connectivity index (χ0v) is 16.5. The Hall–Kier alpha value is -1.72. The molecular formula is C22H29N3O2. The zero-order valence-electron chi connectivity index (χ0n) is 16.5. The van der Waals surface area contributed by atoms with E-state index in [2.05, 4.69) is 42.9 Å². The van der Waals surface area contributed by atoms with Crippen molar-refractivity contribution >= 4 is 12.2 Å². The van der Waals surface area contributed by atoms with Crippen LogP contribution in [0.1, 0.15) is 50.8 Å². The molecule has 5 nitrogen and oxygen atoms in total. The number of aromatic nitrogens is 2. The predicted molar refractivity (Wildman–Crippen MR) is 106 cm³/mol. The van der Waals surface area contributed by atoms with Crippen LogP contribution in [0.3, 0.4) is 0 Å². The third-order valence-electron chi connectivity index (χ3n) is 7.82. The largest absolute Gasteiger partial charge is 0.387 e. The first kappa shape index (κ1) is 17.4. The van der Waals surface area contributed by atoms with Gasteiger partial charge in [-0.1, -0.05) is 32.1 Å². The number of rotatable bonds is 2. The van der Waals surface area contributed by atoms with Crippen LogP contribution < -0.4 is 5.56 Å². The summed E-state index contributed by atoms with van der Waals surface area (Å²) in [7, 11) is 2.15. The first-order valence-corrected chi connectivity index (χ1v) is 10.1. The molecule has 1 aromatic heterocycles. The van der Waals surface area contributed by atoms with Crippen molar-refractivity contribution in [1.82, 2.24) is 14.5 Å². The van der Waals surface area contributed by atoms with Crippen molar-refractivity contribution in [3.8, 4) is 0 Å². The average Bonchev–Trinajstić information content (AvgIpc) is 3.14. The van der Waals surface area contributed by atoms with E-state index in [0.717, 1.165) is 32.4 Å². The van der Waals surface area contributed by atoms with Crippen molar-refractivity contribution in [3.05, 3.63) is 40.1 Å². The highest BCUT2D eigenvalue weighted by Crippen LogP contribution is 2.82. The van der Waals surface area contributed by atoms with Gasteiger partial charge in [0.25, 0.3) is 5.56 Å². The van der Waals surface area contributed by atoms with Crippen LogP contribution in [0.4, 0.5) is 0 Å². The average molecular weight is 367 g/mol. The normalized spacial score (nSPS) is 38.8. The van der Waals surface area contributed by atoms with E-state index in [4.69, 9.17) is 0 Å². The number of hydrogen-bond acceptors (Lipinski definition) is 4. The second-order valence-corrected chi connectivity index (χ2v) is 10.0. The van der Waals surface area contributed by atoms with Crippen molar-refractivity contribution in [1.29, 1.82) is 0 Å². The van der Waals surface area contributed by atoms with Crippen LogP contribution in [0.15, 0.2) is 23.3 Å². The molecule has 4 aliphatic rings. The van der Waals surface area contributed by atoms with E-state index in [1.165, 1.54) is 6.42 Å². The molecule has 1 N–H and O–H groups in total. The molecule has 1 saturated heterocycles. The highest BCUT2D eigenvalue weighted by Gasteiger charge is 2.81. The maximum absolute atomic E-state index is 13.2. The Bertz CT molecular complexity index is 930. The van der Waals surface area contributed by atoms with Gasteiger partial charge in [-0.15, -0.1) is 0 Å². The van der Waals surface area contributed by atoms with Crippen LogP contribution in [0.25, 0.3) is 12.2 Å². The van der Waals surface area contributed by atoms with Gasteiger partial charge in [0.05, 0.1) is 29.7 Å². The highest BCUT2D eigenvalue weighted by molar-refractivity contribution is 5.65. The molecule has 5 heteroatoms.